The SMILES string of the molecule is CS(=O)(=O)Nc1cccc(CNC(=O)c2ccc(OC[C@@H]3CCCO3)cc2)c1. The van der Waals surface area contributed by atoms with Crippen LogP contribution in [0.5, 0.6) is 5.75 Å². The second-order valence-corrected chi connectivity index (χ2v) is 8.48. The third kappa shape index (κ3) is 6.24. The van der Waals surface area contributed by atoms with Gasteiger partial charge in [-0.3, -0.25) is 9.52 Å². The lowest BCUT2D eigenvalue weighted by Crippen LogP contribution is -2.23. The molecule has 28 heavy (non-hydrogen) atoms. The number of nitrogens with one attached hydrogen (secondary N) is 2. The number of rotatable bonds is 8. The molecular formula is C20H24N2O5S. The molecule has 1 aliphatic rings. The molecule has 2 aromatic carbocycles. The van der Waals surface area contributed by atoms with Crippen LogP contribution in [0.4, 0.5) is 5.69 Å². The van der Waals surface area contributed by atoms with Crippen molar-refractivity contribution in [3.8, 4) is 5.75 Å². The Balaban J connectivity index is 1.51. The summed E-state index contributed by atoms with van der Waals surface area (Å²) in [5.41, 5.74) is 1.77. The van der Waals surface area contributed by atoms with Gasteiger partial charge in [-0.2, -0.15) is 0 Å². The van der Waals surface area contributed by atoms with E-state index in [0.29, 0.717) is 23.6 Å². The Hall–Kier alpha value is -2.58. The summed E-state index contributed by atoms with van der Waals surface area (Å²) in [5, 5.41) is 2.82. The molecule has 0 aliphatic carbocycles. The fourth-order valence-electron chi connectivity index (χ4n) is 2.91. The molecule has 7 nitrogen and oxygen atoms in total. The van der Waals surface area contributed by atoms with Crippen LogP contribution in [0, 0.1) is 0 Å². The summed E-state index contributed by atoms with van der Waals surface area (Å²) in [7, 11) is -3.34. The molecular weight excluding hydrogens is 380 g/mol. The zero-order chi connectivity index (χ0) is 20.0. The maximum atomic E-state index is 12.3. The number of amides is 1. The predicted octanol–water partition coefficient (Wildman–Crippen LogP) is 2.55. The standard InChI is InChI=1S/C20H24N2O5S/c1-28(24,25)22-17-5-2-4-15(12-17)13-21-20(23)16-7-9-18(10-8-16)27-14-19-6-3-11-26-19/h2,4-5,7-10,12,19,22H,3,6,11,13-14H2,1H3,(H,21,23)/t19-/m0/s1. The number of carbonyl (C=O) groups excluding carboxylic acids is 1. The number of ether oxygens (including phenoxy) is 2. The van der Waals surface area contributed by atoms with Crippen molar-refractivity contribution in [3.05, 3.63) is 59.7 Å². The molecule has 0 radical (unpaired) electrons. The van der Waals surface area contributed by atoms with Crippen LogP contribution in [0.1, 0.15) is 28.8 Å². The zero-order valence-corrected chi connectivity index (χ0v) is 16.5. The van der Waals surface area contributed by atoms with Gasteiger partial charge in [0.25, 0.3) is 5.91 Å². The fourth-order valence-corrected chi connectivity index (χ4v) is 3.47. The average Bonchev–Trinajstić information content (AvgIpc) is 3.17. The van der Waals surface area contributed by atoms with Crippen molar-refractivity contribution < 1.29 is 22.7 Å². The Labute approximate surface area is 165 Å². The van der Waals surface area contributed by atoms with Gasteiger partial charge in [-0.25, -0.2) is 8.42 Å². The van der Waals surface area contributed by atoms with E-state index < -0.39 is 10.0 Å². The first kappa shape index (κ1) is 20.2. The number of hydrogen-bond acceptors (Lipinski definition) is 5. The molecule has 0 bridgehead atoms. The van der Waals surface area contributed by atoms with E-state index in [4.69, 9.17) is 9.47 Å². The van der Waals surface area contributed by atoms with E-state index in [1.807, 2.05) is 6.07 Å². The number of benzene rings is 2. The van der Waals surface area contributed by atoms with Crippen LogP contribution in [0.2, 0.25) is 0 Å². The quantitative estimate of drug-likeness (QED) is 0.705. The first-order valence-electron chi connectivity index (χ1n) is 9.08. The molecule has 0 saturated carbocycles. The third-order valence-electron chi connectivity index (χ3n) is 4.26. The van der Waals surface area contributed by atoms with Gasteiger partial charge < -0.3 is 14.8 Å². The minimum absolute atomic E-state index is 0.149. The van der Waals surface area contributed by atoms with Gasteiger partial charge in [0.1, 0.15) is 12.4 Å². The van der Waals surface area contributed by atoms with E-state index in [1.54, 1.807) is 42.5 Å². The first-order valence-corrected chi connectivity index (χ1v) is 11.0. The lowest BCUT2D eigenvalue weighted by Gasteiger charge is -2.12. The third-order valence-corrected chi connectivity index (χ3v) is 4.87. The van der Waals surface area contributed by atoms with Gasteiger partial charge in [-0.1, -0.05) is 12.1 Å². The molecule has 0 aromatic heterocycles. The lowest BCUT2D eigenvalue weighted by atomic mass is 10.1. The molecule has 3 rings (SSSR count). The van der Waals surface area contributed by atoms with Crippen molar-refractivity contribution in [1.82, 2.24) is 5.32 Å². The monoisotopic (exact) mass is 404 g/mol. The van der Waals surface area contributed by atoms with Crippen molar-refractivity contribution in [1.29, 1.82) is 0 Å². The molecule has 1 amide bonds. The van der Waals surface area contributed by atoms with E-state index in [0.717, 1.165) is 31.3 Å². The normalized spacial score (nSPS) is 16.5. The lowest BCUT2D eigenvalue weighted by molar-refractivity contribution is 0.0679. The minimum atomic E-state index is -3.34. The summed E-state index contributed by atoms with van der Waals surface area (Å²) in [6.07, 6.45) is 3.33. The maximum absolute atomic E-state index is 12.3. The molecule has 1 fully saturated rings. The summed E-state index contributed by atoms with van der Waals surface area (Å²) < 4.78 is 36.3. The smallest absolute Gasteiger partial charge is 0.251 e. The highest BCUT2D eigenvalue weighted by atomic mass is 32.2. The highest BCUT2D eigenvalue weighted by Crippen LogP contribution is 2.17. The van der Waals surface area contributed by atoms with Crippen LogP contribution in [0.3, 0.4) is 0 Å². The molecule has 1 saturated heterocycles. The Morgan fingerprint density at radius 1 is 1.21 bits per heavy atom. The predicted molar refractivity (Wildman–Crippen MR) is 107 cm³/mol. The number of anilines is 1. The summed E-state index contributed by atoms with van der Waals surface area (Å²) in [4.78, 5) is 12.3. The van der Waals surface area contributed by atoms with E-state index in [1.165, 1.54) is 0 Å². The molecule has 1 aliphatic heterocycles. The van der Waals surface area contributed by atoms with Crippen molar-refractivity contribution in [3.63, 3.8) is 0 Å². The molecule has 0 spiro atoms. The highest BCUT2D eigenvalue weighted by Gasteiger charge is 2.16. The number of sulfonamides is 1. The Bertz CT molecular complexity index is 906. The van der Waals surface area contributed by atoms with Gasteiger partial charge in [0.2, 0.25) is 10.0 Å². The van der Waals surface area contributed by atoms with Crippen molar-refractivity contribution in [2.45, 2.75) is 25.5 Å². The number of hydrogen-bond donors (Lipinski definition) is 2. The van der Waals surface area contributed by atoms with Crippen molar-refractivity contribution >= 4 is 21.6 Å². The molecule has 2 aromatic rings. The van der Waals surface area contributed by atoms with Gasteiger partial charge in [-0.05, 0) is 54.8 Å². The Kier molecular flexibility index (Phi) is 6.53. The van der Waals surface area contributed by atoms with Crippen molar-refractivity contribution in [2.75, 3.05) is 24.2 Å². The van der Waals surface area contributed by atoms with Gasteiger partial charge in [0.15, 0.2) is 0 Å². The zero-order valence-electron chi connectivity index (χ0n) is 15.7. The molecule has 150 valence electrons. The van der Waals surface area contributed by atoms with Crippen LogP contribution in [-0.4, -0.2) is 39.9 Å². The molecule has 1 atom stereocenters. The summed E-state index contributed by atoms with van der Waals surface area (Å²) in [6.45, 7) is 1.60. The second kappa shape index (κ2) is 9.07. The Morgan fingerprint density at radius 3 is 2.68 bits per heavy atom. The van der Waals surface area contributed by atoms with E-state index in [-0.39, 0.29) is 18.6 Å². The molecule has 8 heteroatoms. The van der Waals surface area contributed by atoms with Gasteiger partial charge >= 0.3 is 0 Å². The van der Waals surface area contributed by atoms with Crippen LogP contribution in [0.15, 0.2) is 48.5 Å². The van der Waals surface area contributed by atoms with Gasteiger partial charge in [0.05, 0.1) is 12.4 Å². The average molecular weight is 404 g/mol. The van der Waals surface area contributed by atoms with E-state index in [9.17, 15) is 13.2 Å². The highest BCUT2D eigenvalue weighted by molar-refractivity contribution is 7.92. The molecule has 2 N–H and O–H groups in total. The topological polar surface area (TPSA) is 93.7 Å². The summed E-state index contributed by atoms with van der Waals surface area (Å²) in [6, 6.07) is 13.8. The van der Waals surface area contributed by atoms with Crippen molar-refractivity contribution in [2.24, 2.45) is 0 Å². The second-order valence-electron chi connectivity index (χ2n) is 6.73. The van der Waals surface area contributed by atoms with E-state index in [2.05, 4.69) is 10.0 Å². The molecule has 0 unspecified atom stereocenters. The Morgan fingerprint density at radius 2 is 2.00 bits per heavy atom. The first-order chi connectivity index (χ1) is 13.4. The van der Waals surface area contributed by atoms with Crippen LogP contribution in [0.25, 0.3) is 0 Å². The maximum Gasteiger partial charge on any atom is 0.251 e. The van der Waals surface area contributed by atoms with Crippen LogP contribution < -0.4 is 14.8 Å². The van der Waals surface area contributed by atoms with Gasteiger partial charge in [0, 0.05) is 24.4 Å². The summed E-state index contributed by atoms with van der Waals surface area (Å²) in [5.74, 6) is 0.485. The van der Waals surface area contributed by atoms with E-state index >= 15 is 0 Å². The number of carbonyl (C=O) groups is 1. The van der Waals surface area contributed by atoms with Crippen LogP contribution in [-0.2, 0) is 21.3 Å². The minimum Gasteiger partial charge on any atom is -0.491 e. The molecule has 1 heterocycles. The fraction of sp³-hybridized carbons (Fsp3) is 0.350. The van der Waals surface area contributed by atoms with Gasteiger partial charge in [-0.15, -0.1) is 0 Å². The summed E-state index contributed by atoms with van der Waals surface area (Å²) >= 11 is 0. The van der Waals surface area contributed by atoms with Crippen LogP contribution >= 0.6 is 0 Å². The largest absolute Gasteiger partial charge is 0.491 e.